The van der Waals surface area contributed by atoms with E-state index in [0.717, 1.165) is 16.7 Å². The number of nitrogens with one attached hydrogen (secondary N) is 1. The van der Waals surface area contributed by atoms with E-state index < -0.39 is 6.04 Å². The highest BCUT2D eigenvalue weighted by molar-refractivity contribution is 5.83. The van der Waals surface area contributed by atoms with Crippen LogP contribution in [-0.4, -0.2) is 38.6 Å². The number of aliphatic hydroxyl groups is 1. The lowest BCUT2D eigenvalue weighted by Crippen LogP contribution is -2.28. The molecule has 0 radical (unpaired) electrons. The molecule has 27 heavy (non-hydrogen) atoms. The number of benzene rings is 2. The van der Waals surface area contributed by atoms with Crippen LogP contribution in [0.4, 0.5) is 0 Å². The van der Waals surface area contributed by atoms with Crippen LogP contribution in [-0.2, 0) is 0 Å². The third-order valence-electron chi connectivity index (χ3n) is 4.60. The highest BCUT2D eigenvalue weighted by Gasteiger charge is 2.17. The molecule has 2 N–H and O–H groups in total. The fourth-order valence-corrected chi connectivity index (χ4v) is 3.15. The lowest BCUT2D eigenvalue weighted by Gasteiger charge is -2.18. The van der Waals surface area contributed by atoms with Crippen molar-refractivity contribution in [3.63, 3.8) is 0 Å². The SMILES string of the molecule is COc1cccc(C(CO)n2cnc3ccc(-c4cn[nH]c4)cc3c2=O)c1. The number of fused-ring (bicyclic) bond motifs is 1. The molecule has 4 aromatic rings. The van der Waals surface area contributed by atoms with Crippen molar-refractivity contribution >= 4 is 10.9 Å². The van der Waals surface area contributed by atoms with Crippen molar-refractivity contribution < 1.29 is 9.84 Å². The van der Waals surface area contributed by atoms with Crippen LogP contribution in [0.5, 0.6) is 5.75 Å². The Balaban J connectivity index is 1.85. The van der Waals surface area contributed by atoms with Crippen molar-refractivity contribution in [1.82, 2.24) is 19.7 Å². The molecule has 0 amide bonds. The number of aliphatic hydroxyl groups excluding tert-OH is 1. The van der Waals surface area contributed by atoms with Crippen molar-refractivity contribution in [1.29, 1.82) is 0 Å². The smallest absolute Gasteiger partial charge is 0.261 e. The normalized spacial score (nSPS) is 12.2. The lowest BCUT2D eigenvalue weighted by molar-refractivity contribution is 0.246. The number of rotatable bonds is 5. The van der Waals surface area contributed by atoms with Crippen LogP contribution in [0.3, 0.4) is 0 Å². The van der Waals surface area contributed by atoms with Gasteiger partial charge in [-0.3, -0.25) is 14.5 Å². The largest absolute Gasteiger partial charge is 0.497 e. The van der Waals surface area contributed by atoms with Crippen molar-refractivity contribution in [3.05, 3.63) is 77.1 Å². The molecule has 1 unspecified atom stereocenters. The van der Waals surface area contributed by atoms with Gasteiger partial charge in [0.1, 0.15) is 5.75 Å². The Morgan fingerprint density at radius 3 is 2.85 bits per heavy atom. The van der Waals surface area contributed by atoms with Gasteiger partial charge >= 0.3 is 0 Å². The monoisotopic (exact) mass is 362 g/mol. The maximum absolute atomic E-state index is 13.1. The molecule has 0 saturated heterocycles. The summed E-state index contributed by atoms with van der Waals surface area (Å²) in [6, 6.07) is 12.2. The number of aromatic nitrogens is 4. The van der Waals surface area contributed by atoms with Gasteiger partial charge in [-0.1, -0.05) is 18.2 Å². The first kappa shape index (κ1) is 17.0. The van der Waals surface area contributed by atoms with Crippen molar-refractivity contribution in [2.75, 3.05) is 13.7 Å². The lowest BCUT2D eigenvalue weighted by atomic mass is 10.1. The average molecular weight is 362 g/mol. The molecule has 0 saturated carbocycles. The van der Waals surface area contributed by atoms with E-state index in [4.69, 9.17) is 4.74 Å². The average Bonchev–Trinajstić information content (AvgIpc) is 3.25. The predicted molar refractivity (Wildman–Crippen MR) is 102 cm³/mol. The van der Waals surface area contributed by atoms with Crippen LogP contribution in [0.15, 0.2) is 66.0 Å². The minimum absolute atomic E-state index is 0.216. The first-order valence-corrected chi connectivity index (χ1v) is 8.46. The Bertz CT molecular complexity index is 1140. The molecule has 0 spiro atoms. The maximum Gasteiger partial charge on any atom is 0.261 e. The number of aromatic amines is 1. The molecular weight excluding hydrogens is 344 g/mol. The van der Waals surface area contributed by atoms with Gasteiger partial charge in [-0.15, -0.1) is 0 Å². The molecule has 2 aromatic carbocycles. The van der Waals surface area contributed by atoms with E-state index in [2.05, 4.69) is 15.2 Å². The van der Waals surface area contributed by atoms with Crippen LogP contribution in [0, 0.1) is 0 Å². The number of hydrogen-bond donors (Lipinski definition) is 2. The number of ether oxygens (including phenoxy) is 1. The molecule has 0 aliphatic carbocycles. The molecule has 0 aliphatic rings. The van der Waals surface area contributed by atoms with Gasteiger partial charge in [0, 0.05) is 11.8 Å². The topological polar surface area (TPSA) is 93.0 Å². The van der Waals surface area contributed by atoms with Gasteiger partial charge in [-0.25, -0.2) is 4.98 Å². The Morgan fingerprint density at radius 1 is 1.22 bits per heavy atom. The zero-order chi connectivity index (χ0) is 18.8. The Hall–Kier alpha value is -3.45. The molecule has 0 aliphatic heterocycles. The van der Waals surface area contributed by atoms with E-state index in [0.29, 0.717) is 16.7 Å². The number of nitrogens with zero attached hydrogens (tertiary/aromatic N) is 3. The fourth-order valence-electron chi connectivity index (χ4n) is 3.15. The quantitative estimate of drug-likeness (QED) is 0.569. The first-order chi connectivity index (χ1) is 13.2. The van der Waals surface area contributed by atoms with E-state index in [9.17, 15) is 9.90 Å². The number of H-pyrrole nitrogens is 1. The van der Waals surface area contributed by atoms with Gasteiger partial charge in [-0.2, -0.15) is 5.10 Å². The van der Waals surface area contributed by atoms with Crippen molar-refractivity contribution in [2.45, 2.75) is 6.04 Å². The van der Waals surface area contributed by atoms with Crippen LogP contribution in [0.25, 0.3) is 22.0 Å². The highest BCUT2D eigenvalue weighted by Crippen LogP contribution is 2.24. The van der Waals surface area contributed by atoms with E-state index in [1.165, 1.54) is 10.9 Å². The molecule has 2 aromatic heterocycles. The van der Waals surface area contributed by atoms with Crippen molar-refractivity contribution in [2.24, 2.45) is 0 Å². The first-order valence-electron chi connectivity index (χ1n) is 8.46. The summed E-state index contributed by atoms with van der Waals surface area (Å²) in [5.41, 5.74) is 2.91. The van der Waals surface area contributed by atoms with Crippen molar-refractivity contribution in [3.8, 4) is 16.9 Å². The highest BCUT2D eigenvalue weighted by atomic mass is 16.5. The summed E-state index contributed by atoms with van der Waals surface area (Å²) in [5, 5.41) is 17.2. The summed E-state index contributed by atoms with van der Waals surface area (Å²) < 4.78 is 6.70. The summed E-state index contributed by atoms with van der Waals surface area (Å²) in [6.07, 6.45) is 4.94. The number of hydrogen-bond acceptors (Lipinski definition) is 5. The van der Waals surface area contributed by atoms with Crippen LogP contribution >= 0.6 is 0 Å². The second-order valence-corrected chi connectivity index (χ2v) is 6.15. The summed E-state index contributed by atoms with van der Waals surface area (Å²) in [5.74, 6) is 0.662. The second-order valence-electron chi connectivity index (χ2n) is 6.15. The van der Waals surface area contributed by atoms with E-state index >= 15 is 0 Å². The summed E-state index contributed by atoms with van der Waals surface area (Å²) in [7, 11) is 1.58. The molecule has 0 fully saturated rings. The van der Waals surface area contributed by atoms with Gasteiger partial charge in [-0.05, 0) is 35.4 Å². The standard InChI is InChI=1S/C20H18N4O3/c1-27-16-4-2-3-14(7-16)19(11-25)24-12-21-18-6-5-13(8-17(18)20(24)26)15-9-22-23-10-15/h2-10,12,19,25H,11H2,1H3,(H,22,23). The molecule has 136 valence electrons. The minimum atomic E-state index is -0.554. The molecule has 0 bridgehead atoms. The van der Waals surface area contributed by atoms with Gasteiger partial charge in [0.2, 0.25) is 0 Å². The van der Waals surface area contributed by atoms with Gasteiger partial charge in [0.15, 0.2) is 0 Å². The summed E-state index contributed by atoms with van der Waals surface area (Å²) in [6.45, 7) is -0.234. The van der Waals surface area contributed by atoms with Gasteiger partial charge < -0.3 is 9.84 Å². The summed E-state index contributed by atoms with van der Waals surface area (Å²) in [4.78, 5) is 17.5. The van der Waals surface area contributed by atoms with E-state index in [1.807, 2.05) is 30.3 Å². The third kappa shape index (κ3) is 3.09. The Kier molecular flexibility index (Phi) is 4.43. The zero-order valence-electron chi connectivity index (χ0n) is 14.7. The Morgan fingerprint density at radius 2 is 2.11 bits per heavy atom. The number of methoxy groups -OCH3 is 1. The molecule has 4 rings (SSSR count). The maximum atomic E-state index is 13.1. The van der Waals surface area contributed by atoms with Crippen LogP contribution < -0.4 is 10.3 Å². The van der Waals surface area contributed by atoms with Gasteiger partial charge in [0.25, 0.3) is 5.56 Å². The minimum Gasteiger partial charge on any atom is -0.497 e. The molecule has 2 heterocycles. The zero-order valence-corrected chi connectivity index (χ0v) is 14.7. The van der Waals surface area contributed by atoms with Crippen LogP contribution in [0.1, 0.15) is 11.6 Å². The molecule has 1 atom stereocenters. The predicted octanol–water partition coefficient (Wildman–Crippen LogP) is 2.38. The van der Waals surface area contributed by atoms with Gasteiger partial charge in [0.05, 0.1) is 43.2 Å². The third-order valence-corrected chi connectivity index (χ3v) is 4.60. The Labute approximate surface area is 154 Å². The molecule has 7 heteroatoms. The molecular formula is C20H18N4O3. The van der Waals surface area contributed by atoms with E-state index in [-0.39, 0.29) is 12.2 Å². The second kappa shape index (κ2) is 7.05. The molecule has 7 nitrogen and oxygen atoms in total. The fraction of sp³-hybridized carbons (Fsp3) is 0.150. The van der Waals surface area contributed by atoms with Crippen LogP contribution in [0.2, 0.25) is 0 Å². The van der Waals surface area contributed by atoms with E-state index in [1.54, 1.807) is 31.6 Å². The summed E-state index contributed by atoms with van der Waals surface area (Å²) >= 11 is 0.